The molecule has 0 spiro atoms. The second-order valence-electron chi connectivity index (χ2n) is 5.75. The third kappa shape index (κ3) is 4.98. The average molecular weight is 371 g/mol. The Balaban J connectivity index is 2.46. The van der Waals surface area contributed by atoms with Gasteiger partial charge in [-0.1, -0.05) is 41.4 Å². The van der Waals surface area contributed by atoms with Gasteiger partial charge in [0.05, 0.1) is 12.0 Å². The first-order chi connectivity index (χ1) is 12.5. The van der Waals surface area contributed by atoms with E-state index in [0.717, 1.165) is 5.56 Å². The molecule has 1 aliphatic rings. The number of nitrogens with zero attached hydrogens (tertiary/aromatic N) is 1. The van der Waals surface area contributed by atoms with E-state index in [1.807, 2.05) is 6.92 Å². The predicted molar refractivity (Wildman–Crippen MR) is 99.4 cm³/mol. The van der Waals surface area contributed by atoms with Crippen molar-refractivity contribution in [3.05, 3.63) is 42.0 Å². The maximum atomic E-state index is 13.2. The van der Waals surface area contributed by atoms with Gasteiger partial charge in [-0.15, -0.1) is 0 Å². The molecule has 5 nitrogen and oxygen atoms in total. The lowest BCUT2D eigenvalue weighted by Gasteiger charge is -2.28. The molecule has 1 aromatic rings. The number of allylic oxidation sites excluding steroid dienone is 2. The van der Waals surface area contributed by atoms with Crippen LogP contribution < -0.4 is 0 Å². The molecule has 1 aromatic carbocycles. The van der Waals surface area contributed by atoms with Gasteiger partial charge >= 0.3 is 5.97 Å². The van der Waals surface area contributed by atoms with Crippen LogP contribution in [0.5, 0.6) is 0 Å². The summed E-state index contributed by atoms with van der Waals surface area (Å²) in [5.74, 6) is 10.8. The number of hydrogen-bond donors (Lipinski definition) is 0. The molecule has 0 unspecified atom stereocenters. The first kappa shape index (κ1) is 19.8. The topological polar surface area (TPSA) is 63.7 Å². The normalized spacial score (nSPS) is 19.5. The van der Waals surface area contributed by atoms with E-state index < -0.39 is 22.0 Å². The summed E-state index contributed by atoms with van der Waals surface area (Å²) in [4.78, 5) is 12.4. The van der Waals surface area contributed by atoms with Gasteiger partial charge in [0.15, 0.2) is 0 Å². The monoisotopic (exact) mass is 371 g/mol. The van der Waals surface area contributed by atoms with E-state index in [4.69, 9.17) is 4.74 Å². The molecule has 0 aliphatic carbocycles. The van der Waals surface area contributed by atoms with E-state index in [-0.39, 0.29) is 17.9 Å². The van der Waals surface area contributed by atoms with E-state index in [1.54, 1.807) is 36.4 Å². The molecule has 6 heteroatoms. The number of carbonyl (C=O) groups excluding carboxylic acids is 1. The lowest BCUT2D eigenvalue weighted by molar-refractivity contribution is -0.145. The molecule has 0 N–H and O–H groups in total. The Morgan fingerprint density at radius 3 is 2.46 bits per heavy atom. The predicted octanol–water partition coefficient (Wildman–Crippen LogP) is 2.27. The number of hydrogen-bond acceptors (Lipinski definition) is 4. The fourth-order valence-corrected chi connectivity index (χ4v) is 4.10. The number of aryl methyl sites for hydroxylation is 1. The molecule has 1 heterocycles. The summed E-state index contributed by atoms with van der Waals surface area (Å²) in [6.45, 7) is 2.04. The van der Waals surface area contributed by atoms with Gasteiger partial charge < -0.3 is 4.74 Å². The summed E-state index contributed by atoms with van der Waals surface area (Å²) < 4.78 is 32.4. The Labute approximate surface area is 155 Å². The molecule has 0 bridgehead atoms. The second-order valence-corrected chi connectivity index (χ2v) is 7.64. The lowest BCUT2D eigenvalue weighted by Crippen LogP contribution is -2.46. The first-order valence-corrected chi connectivity index (χ1v) is 9.69. The SMILES string of the molecule is COC(=O)[C@@H]1CC#C/C=C\C#CCCCN1S(=O)(=O)c1ccc(C)cc1. The van der Waals surface area contributed by atoms with Crippen molar-refractivity contribution in [2.45, 2.75) is 37.1 Å². The Bertz CT molecular complexity index is 893. The van der Waals surface area contributed by atoms with Crippen LogP contribution in [0.2, 0.25) is 0 Å². The maximum Gasteiger partial charge on any atom is 0.325 e. The highest BCUT2D eigenvalue weighted by Gasteiger charge is 2.35. The number of esters is 1. The van der Waals surface area contributed by atoms with Crippen molar-refractivity contribution in [1.29, 1.82) is 0 Å². The molecule has 26 heavy (non-hydrogen) atoms. The Hall–Kier alpha value is -2.54. The van der Waals surface area contributed by atoms with E-state index >= 15 is 0 Å². The number of methoxy groups -OCH3 is 1. The maximum absolute atomic E-state index is 13.2. The Morgan fingerprint density at radius 1 is 1.15 bits per heavy atom. The van der Waals surface area contributed by atoms with Crippen molar-refractivity contribution in [3.8, 4) is 23.7 Å². The minimum absolute atomic E-state index is 0.0511. The number of ether oxygens (including phenoxy) is 1. The highest BCUT2D eigenvalue weighted by Crippen LogP contribution is 2.22. The third-order valence-electron chi connectivity index (χ3n) is 3.88. The van der Waals surface area contributed by atoms with Crippen molar-refractivity contribution >= 4 is 16.0 Å². The molecule has 0 amide bonds. The Kier molecular flexibility index (Phi) is 7.03. The number of benzene rings is 1. The fourth-order valence-electron chi connectivity index (χ4n) is 2.48. The second kappa shape index (κ2) is 9.24. The minimum Gasteiger partial charge on any atom is -0.468 e. The van der Waals surface area contributed by atoms with Crippen LogP contribution in [0.25, 0.3) is 0 Å². The molecular weight excluding hydrogens is 350 g/mol. The molecule has 0 saturated carbocycles. The molecule has 0 aromatic heterocycles. The van der Waals surface area contributed by atoms with Crippen LogP contribution in [-0.4, -0.2) is 38.4 Å². The van der Waals surface area contributed by atoms with Gasteiger partial charge in [-0.25, -0.2) is 8.42 Å². The van der Waals surface area contributed by atoms with Gasteiger partial charge in [0.2, 0.25) is 10.0 Å². The smallest absolute Gasteiger partial charge is 0.325 e. The van der Waals surface area contributed by atoms with Crippen LogP contribution in [0.1, 0.15) is 24.8 Å². The van der Waals surface area contributed by atoms with E-state index in [9.17, 15) is 13.2 Å². The van der Waals surface area contributed by atoms with Gasteiger partial charge in [0.25, 0.3) is 0 Å². The lowest BCUT2D eigenvalue weighted by atomic mass is 10.2. The molecule has 0 saturated heterocycles. The molecule has 0 radical (unpaired) electrons. The Morgan fingerprint density at radius 2 is 1.81 bits per heavy atom. The zero-order valence-corrected chi connectivity index (χ0v) is 15.7. The summed E-state index contributed by atoms with van der Waals surface area (Å²) in [5.41, 5.74) is 0.954. The van der Waals surface area contributed by atoms with Crippen molar-refractivity contribution < 1.29 is 17.9 Å². The summed E-state index contributed by atoms with van der Waals surface area (Å²) in [7, 11) is -2.63. The van der Waals surface area contributed by atoms with Gasteiger partial charge in [-0.2, -0.15) is 4.31 Å². The molecule has 1 atom stereocenters. The largest absolute Gasteiger partial charge is 0.468 e. The molecule has 136 valence electrons. The summed E-state index contributed by atoms with van der Waals surface area (Å²) in [5, 5.41) is 0. The highest BCUT2D eigenvalue weighted by molar-refractivity contribution is 7.89. The zero-order chi connectivity index (χ0) is 19.0. The molecule has 0 fully saturated rings. The van der Waals surface area contributed by atoms with Crippen LogP contribution >= 0.6 is 0 Å². The first-order valence-electron chi connectivity index (χ1n) is 8.25. The van der Waals surface area contributed by atoms with Crippen LogP contribution in [-0.2, 0) is 19.6 Å². The molecule has 2 rings (SSSR count). The van der Waals surface area contributed by atoms with Gasteiger partial charge in [0.1, 0.15) is 6.04 Å². The summed E-state index contributed by atoms with van der Waals surface area (Å²) in [6, 6.07) is 5.55. The standard InChI is InChI=1S/C20H21NO4S/c1-17-12-14-18(15-13-17)26(23,24)21-16-10-8-6-4-3-5-7-9-11-19(21)20(22)25-2/h3,5,12-15,19H,8,10-11,16H2,1-2H3/b5-3-/t19-/m0/s1. The van der Waals surface area contributed by atoms with Crippen LogP contribution in [0.15, 0.2) is 41.3 Å². The van der Waals surface area contributed by atoms with Gasteiger partial charge in [-0.3, -0.25) is 4.79 Å². The van der Waals surface area contributed by atoms with E-state index in [1.165, 1.54) is 11.4 Å². The van der Waals surface area contributed by atoms with Crippen molar-refractivity contribution in [2.24, 2.45) is 0 Å². The zero-order valence-electron chi connectivity index (χ0n) is 14.9. The van der Waals surface area contributed by atoms with E-state index in [0.29, 0.717) is 12.8 Å². The fraction of sp³-hybridized carbons (Fsp3) is 0.350. The number of sulfonamides is 1. The molecular formula is C20H21NO4S. The number of carbonyl (C=O) groups is 1. The third-order valence-corrected chi connectivity index (χ3v) is 5.80. The van der Waals surface area contributed by atoms with Crippen molar-refractivity contribution in [3.63, 3.8) is 0 Å². The van der Waals surface area contributed by atoms with Gasteiger partial charge in [-0.05, 0) is 37.6 Å². The average Bonchev–Trinajstić information content (AvgIpc) is 2.61. The van der Waals surface area contributed by atoms with E-state index in [2.05, 4.69) is 23.7 Å². The molecule has 1 aliphatic heterocycles. The van der Waals surface area contributed by atoms with Gasteiger partial charge in [0, 0.05) is 19.4 Å². The van der Waals surface area contributed by atoms with Crippen molar-refractivity contribution in [1.82, 2.24) is 4.31 Å². The van der Waals surface area contributed by atoms with Crippen LogP contribution in [0.4, 0.5) is 0 Å². The van der Waals surface area contributed by atoms with Crippen molar-refractivity contribution in [2.75, 3.05) is 13.7 Å². The summed E-state index contributed by atoms with van der Waals surface area (Å²) in [6.07, 6.45) is 4.30. The summed E-state index contributed by atoms with van der Waals surface area (Å²) >= 11 is 0. The minimum atomic E-state index is -3.87. The van der Waals surface area contributed by atoms with Crippen LogP contribution in [0.3, 0.4) is 0 Å². The highest BCUT2D eigenvalue weighted by atomic mass is 32.2. The number of rotatable bonds is 3. The quantitative estimate of drug-likeness (QED) is 0.604. The van der Waals surface area contributed by atoms with Crippen LogP contribution in [0, 0.1) is 30.6 Å².